The molecule has 0 amide bonds. The summed E-state index contributed by atoms with van der Waals surface area (Å²) >= 11 is 0. The zero-order valence-electron chi connectivity index (χ0n) is 17.0. The SMILES string of the molecule is Cl.O=C(O)c1ccc(-c2ccc(CCNC[C@H](O)c3ccccc3)cc2)cc1C(F)(F)F. The van der Waals surface area contributed by atoms with Crippen LogP contribution in [-0.4, -0.2) is 29.3 Å². The summed E-state index contributed by atoms with van der Waals surface area (Å²) in [6, 6.07) is 19.6. The van der Waals surface area contributed by atoms with Gasteiger partial charge in [-0.25, -0.2) is 4.79 Å². The van der Waals surface area contributed by atoms with E-state index in [1.807, 2.05) is 42.5 Å². The molecule has 3 N–H and O–H groups in total. The lowest BCUT2D eigenvalue weighted by atomic mass is 9.97. The summed E-state index contributed by atoms with van der Waals surface area (Å²) < 4.78 is 39.7. The molecule has 0 fully saturated rings. The highest BCUT2D eigenvalue weighted by Crippen LogP contribution is 2.35. The molecule has 0 saturated carbocycles. The van der Waals surface area contributed by atoms with E-state index in [9.17, 15) is 23.1 Å². The van der Waals surface area contributed by atoms with Crippen LogP contribution in [0.25, 0.3) is 11.1 Å². The molecule has 0 heterocycles. The number of benzene rings is 3. The second kappa shape index (κ2) is 11.1. The fourth-order valence-electron chi connectivity index (χ4n) is 3.27. The Labute approximate surface area is 190 Å². The van der Waals surface area contributed by atoms with Crippen LogP contribution >= 0.6 is 12.4 Å². The molecule has 0 aliphatic rings. The summed E-state index contributed by atoms with van der Waals surface area (Å²) in [7, 11) is 0. The Morgan fingerprint density at radius 3 is 2.16 bits per heavy atom. The Morgan fingerprint density at radius 2 is 1.56 bits per heavy atom. The number of hydrogen-bond donors (Lipinski definition) is 3. The Balaban J connectivity index is 0.00000363. The second-order valence-corrected chi connectivity index (χ2v) is 7.14. The minimum Gasteiger partial charge on any atom is -0.478 e. The Hall–Kier alpha value is -2.87. The van der Waals surface area contributed by atoms with Crippen LogP contribution in [0.15, 0.2) is 72.8 Å². The summed E-state index contributed by atoms with van der Waals surface area (Å²) in [5, 5.41) is 22.3. The van der Waals surface area contributed by atoms with Crippen LogP contribution in [0.2, 0.25) is 0 Å². The van der Waals surface area contributed by atoms with Crippen LogP contribution in [-0.2, 0) is 12.6 Å². The number of carbonyl (C=O) groups is 1. The van der Waals surface area contributed by atoms with Crippen molar-refractivity contribution >= 4 is 18.4 Å². The largest absolute Gasteiger partial charge is 0.478 e. The van der Waals surface area contributed by atoms with E-state index in [2.05, 4.69) is 5.32 Å². The van der Waals surface area contributed by atoms with Crippen LogP contribution in [0.4, 0.5) is 13.2 Å². The first-order chi connectivity index (χ1) is 14.8. The van der Waals surface area contributed by atoms with E-state index >= 15 is 0 Å². The van der Waals surface area contributed by atoms with Gasteiger partial charge in [-0.1, -0.05) is 60.7 Å². The average Bonchev–Trinajstić information content (AvgIpc) is 2.76. The van der Waals surface area contributed by atoms with Crippen molar-refractivity contribution in [1.29, 1.82) is 0 Å². The fourth-order valence-corrected chi connectivity index (χ4v) is 3.27. The third-order valence-electron chi connectivity index (χ3n) is 4.96. The number of carboxylic acids is 1. The molecule has 3 aromatic rings. The van der Waals surface area contributed by atoms with Gasteiger partial charge >= 0.3 is 12.1 Å². The number of nitrogens with one attached hydrogen (secondary N) is 1. The van der Waals surface area contributed by atoms with Gasteiger partial charge in [-0.2, -0.15) is 13.2 Å². The van der Waals surface area contributed by atoms with E-state index in [-0.39, 0.29) is 12.4 Å². The third-order valence-corrected chi connectivity index (χ3v) is 4.96. The van der Waals surface area contributed by atoms with Crippen molar-refractivity contribution in [2.45, 2.75) is 18.7 Å². The molecule has 32 heavy (non-hydrogen) atoms. The Kier molecular flexibility index (Phi) is 8.83. The minimum atomic E-state index is -4.75. The van der Waals surface area contributed by atoms with E-state index in [1.165, 1.54) is 6.07 Å². The van der Waals surface area contributed by atoms with Crippen molar-refractivity contribution in [2.75, 3.05) is 13.1 Å². The number of carboxylic acid groups (broad SMARTS) is 1. The zero-order chi connectivity index (χ0) is 22.4. The number of aliphatic hydroxyl groups excluding tert-OH is 1. The number of hydrogen-bond acceptors (Lipinski definition) is 3. The number of aromatic carboxylic acids is 1. The summed E-state index contributed by atoms with van der Waals surface area (Å²) in [5.74, 6) is -1.61. The number of rotatable bonds is 8. The van der Waals surface area contributed by atoms with Crippen LogP contribution in [0.5, 0.6) is 0 Å². The van der Waals surface area contributed by atoms with E-state index in [0.717, 1.165) is 23.3 Å². The van der Waals surface area contributed by atoms with Crippen molar-refractivity contribution in [3.8, 4) is 11.1 Å². The van der Waals surface area contributed by atoms with Gasteiger partial charge in [-0.3, -0.25) is 0 Å². The molecule has 0 aliphatic carbocycles. The first kappa shape index (κ1) is 25.4. The zero-order valence-corrected chi connectivity index (χ0v) is 17.8. The lowest BCUT2D eigenvalue weighted by Gasteiger charge is -2.13. The summed E-state index contributed by atoms with van der Waals surface area (Å²) in [6.45, 7) is 1.05. The van der Waals surface area contributed by atoms with Crippen molar-refractivity contribution in [3.05, 3.63) is 95.1 Å². The van der Waals surface area contributed by atoms with Crippen LogP contribution in [0.3, 0.4) is 0 Å². The van der Waals surface area contributed by atoms with Gasteiger partial charge in [0.2, 0.25) is 0 Å². The molecule has 0 aliphatic heterocycles. The van der Waals surface area contributed by atoms with E-state index in [1.54, 1.807) is 12.1 Å². The molecule has 0 aromatic heterocycles. The first-order valence-corrected chi connectivity index (χ1v) is 9.73. The maximum absolute atomic E-state index is 13.2. The molecule has 0 spiro atoms. The molecule has 3 aromatic carbocycles. The standard InChI is InChI=1S/C24H22F3NO3.ClH/c25-24(26,27)21-14-19(10-11-20(21)23(30)31)17-8-6-16(7-9-17)12-13-28-15-22(29)18-4-2-1-3-5-18;/h1-11,14,22,28-29H,12-13,15H2,(H,30,31);1H/t22-;/m0./s1. The summed E-state index contributed by atoms with van der Waals surface area (Å²) in [4.78, 5) is 11.1. The maximum Gasteiger partial charge on any atom is 0.417 e. The second-order valence-electron chi connectivity index (χ2n) is 7.14. The fraction of sp³-hybridized carbons (Fsp3) is 0.208. The van der Waals surface area contributed by atoms with Crippen LogP contribution in [0, 0.1) is 0 Å². The molecule has 170 valence electrons. The highest BCUT2D eigenvalue weighted by atomic mass is 35.5. The van der Waals surface area contributed by atoms with Gasteiger partial charge in [0.1, 0.15) is 0 Å². The van der Waals surface area contributed by atoms with E-state index in [4.69, 9.17) is 5.11 Å². The normalized spacial score (nSPS) is 12.1. The topological polar surface area (TPSA) is 69.6 Å². The lowest BCUT2D eigenvalue weighted by molar-refractivity contribution is -0.138. The Bertz CT molecular complexity index is 1020. The van der Waals surface area contributed by atoms with Crippen LogP contribution in [0.1, 0.15) is 33.2 Å². The molecule has 1 atom stereocenters. The van der Waals surface area contributed by atoms with Crippen molar-refractivity contribution in [3.63, 3.8) is 0 Å². The van der Waals surface area contributed by atoms with Gasteiger partial charge < -0.3 is 15.5 Å². The van der Waals surface area contributed by atoms with Crippen molar-refractivity contribution in [1.82, 2.24) is 5.32 Å². The predicted molar refractivity (Wildman–Crippen MR) is 119 cm³/mol. The number of alkyl halides is 3. The smallest absolute Gasteiger partial charge is 0.417 e. The van der Waals surface area contributed by atoms with E-state index < -0.39 is 29.4 Å². The van der Waals surface area contributed by atoms with Gasteiger partial charge in [0.25, 0.3) is 0 Å². The quantitative estimate of drug-likeness (QED) is 0.392. The first-order valence-electron chi connectivity index (χ1n) is 9.73. The molecule has 0 bridgehead atoms. The van der Waals surface area contributed by atoms with Crippen molar-refractivity contribution in [2.24, 2.45) is 0 Å². The van der Waals surface area contributed by atoms with Gasteiger partial charge in [0, 0.05) is 6.54 Å². The summed E-state index contributed by atoms with van der Waals surface area (Å²) in [5.41, 5.74) is 0.765. The predicted octanol–water partition coefficient (Wildman–Crippen LogP) is 5.36. The van der Waals surface area contributed by atoms with E-state index in [0.29, 0.717) is 30.6 Å². The molecule has 0 unspecified atom stereocenters. The van der Waals surface area contributed by atoms with Gasteiger partial charge in [-0.05, 0) is 47.4 Å². The van der Waals surface area contributed by atoms with Crippen molar-refractivity contribution < 1.29 is 28.2 Å². The molecular weight excluding hydrogens is 443 g/mol. The molecule has 0 saturated heterocycles. The summed E-state index contributed by atoms with van der Waals surface area (Å²) in [6.07, 6.45) is -4.66. The lowest BCUT2D eigenvalue weighted by Crippen LogP contribution is -2.23. The maximum atomic E-state index is 13.2. The highest BCUT2D eigenvalue weighted by molar-refractivity contribution is 5.90. The Morgan fingerprint density at radius 1 is 0.938 bits per heavy atom. The monoisotopic (exact) mass is 465 g/mol. The highest BCUT2D eigenvalue weighted by Gasteiger charge is 2.35. The molecular formula is C24H23ClF3NO3. The van der Waals surface area contributed by atoms with Gasteiger partial charge in [0.15, 0.2) is 0 Å². The minimum absolute atomic E-state index is 0. The molecule has 4 nitrogen and oxygen atoms in total. The molecule has 0 radical (unpaired) electrons. The average molecular weight is 466 g/mol. The molecule has 8 heteroatoms. The third kappa shape index (κ3) is 6.56. The van der Waals surface area contributed by atoms with Crippen LogP contribution < -0.4 is 5.32 Å². The molecule has 3 rings (SSSR count). The van der Waals surface area contributed by atoms with Gasteiger partial charge in [0.05, 0.1) is 17.2 Å². The number of aliphatic hydroxyl groups is 1. The van der Waals surface area contributed by atoms with Gasteiger partial charge in [-0.15, -0.1) is 12.4 Å². The number of halogens is 4.